The SMILES string of the molecule is CC(Cl)C(=O)C1C2C3CCC(C3)C12. The highest BCUT2D eigenvalue weighted by molar-refractivity contribution is 6.31. The summed E-state index contributed by atoms with van der Waals surface area (Å²) < 4.78 is 0. The van der Waals surface area contributed by atoms with Gasteiger partial charge in [-0.1, -0.05) is 0 Å². The van der Waals surface area contributed by atoms with E-state index in [9.17, 15) is 4.79 Å². The molecule has 13 heavy (non-hydrogen) atoms. The molecular weight excluding hydrogens is 184 g/mol. The smallest absolute Gasteiger partial charge is 0.154 e. The number of carbonyl (C=O) groups is 1. The second-order valence-corrected chi connectivity index (χ2v) is 5.69. The van der Waals surface area contributed by atoms with Gasteiger partial charge in [0.15, 0.2) is 5.78 Å². The highest BCUT2D eigenvalue weighted by atomic mass is 35.5. The summed E-state index contributed by atoms with van der Waals surface area (Å²) in [5.41, 5.74) is 0. The van der Waals surface area contributed by atoms with Gasteiger partial charge in [-0.15, -0.1) is 11.6 Å². The van der Waals surface area contributed by atoms with Gasteiger partial charge in [0.2, 0.25) is 0 Å². The molecule has 0 aromatic carbocycles. The third-order valence-corrected chi connectivity index (χ3v) is 4.67. The van der Waals surface area contributed by atoms with Crippen LogP contribution in [-0.2, 0) is 4.79 Å². The number of Topliss-reactive ketones (excluding diaryl/α,β-unsaturated/α-hetero) is 1. The molecule has 2 bridgehead atoms. The Labute approximate surface area is 83.8 Å². The zero-order valence-electron chi connectivity index (χ0n) is 7.87. The van der Waals surface area contributed by atoms with Crippen molar-refractivity contribution in [3.8, 4) is 0 Å². The topological polar surface area (TPSA) is 17.1 Å². The van der Waals surface area contributed by atoms with Gasteiger partial charge in [-0.2, -0.15) is 0 Å². The molecule has 3 aliphatic rings. The second kappa shape index (κ2) is 2.50. The van der Waals surface area contributed by atoms with E-state index in [-0.39, 0.29) is 5.38 Å². The molecule has 0 heterocycles. The fraction of sp³-hybridized carbons (Fsp3) is 0.909. The van der Waals surface area contributed by atoms with E-state index in [2.05, 4.69) is 0 Å². The van der Waals surface area contributed by atoms with Crippen molar-refractivity contribution < 1.29 is 4.79 Å². The molecular formula is C11H15ClO. The summed E-state index contributed by atoms with van der Waals surface area (Å²) in [5, 5.41) is -0.255. The molecule has 0 aliphatic heterocycles. The van der Waals surface area contributed by atoms with Gasteiger partial charge in [0.05, 0.1) is 5.38 Å². The number of carbonyl (C=O) groups excluding carboxylic acids is 1. The minimum absolute atomic E-state index is 0.255. The van der Waals surface area contributed by atoms with E-state index in [1.807, 2.05) is 6.92 Å². The van der Waals surface area contributed by atoms with Gasteiger partial charge in [0.25, 0.3) is 0 Å². The number of halogens is 1. The Morgan fingerprint density at radius 1 is 1.31 bits per heavy atom. The number of hydrogen-bond donors (Lipinski definition) is 0. The summed E-state index contributed by atoms with van der Waals surface area (Å²) >= 11 is 5.84. The molecule has 0 N–H and O–H groups in total. The predicted molar refractivity (Wildman–Crippen MR) is 51.6 cm³/mol. The van der Waals surface area contributed by atoms with Crippen LogP contribution in [0.2, 0.25) is 0 Å². The Bertz CT molecular complexity index is 245. The molecule has 2 heteroatoms. The van der Waals surface area contributed by atoms with Crippen molar-refractivity contribution in [1.29, 1.82) is 0 Å². The van der Waals surface area contributed by atoms with Crippen LogP contribution in [0.15, 0.2) is 0 Å². The minimum atomic E-state index is -0.255. The second-order valence-electron chi connectivity index (χ2n) is 5.03. The van der Waals surface area contributed by atoms with Gasteiger partial charge < -0.3 is 0 Å². The van der Waals surface area contributed by atoms with Crippen LogP contribution in [0.25, 0.3) is 0 Å². The first-order chi connectivity index (χ1) is 6.20. The van der Waals surface area contributed by atoms with Gasteiger partial charge >= 0.3 is 0 Å². The highest BCUT2D eigenvalue weighted by Gasteiger charge is 2.67. The van der Waals surface area contributed by atoms with Gasteiger partial charge in [-0.3, -0.25) is 4.79 Å². The van der Waals surface area contributed by atoms with E-state index in [1.54, 1.807) is 0 Å². The molecule has 0 aromatic rings. The van der Waals surface area contributed by atoms with Crippen molar-refractivity contribution in [2.75, 3.05) is 0 Å². The van der Waals surface area contributed by atoms with Crippen LogP contribution >= 0.6 is 11.6 Å². The van der Waals surface area contributed by atoms with E-state index >= 15 is 0 Å². The fourth-order valence-electron chi connectivity index (χ4n) is 3.97. The van der Waals surface area contributed by atoms with E-state index in [4.69, 9.17) is 11.6 Å². The van der Waals surface area contributed by atoms with Crippen LogP contribution in [0.3, 0.4) is 0 Å². The van der Waals surface area contributed by atoms with Gasteiger partial charge in [-0.05, 0) is 49.9 Å². The van der Waals surface area contributed by atoms with Crippen LogP contribution in [0.4, 0.5) is 0 Å². The Balaban J connectivity index is 1.76. The third kappa shape index (κ3) is 0.971. The molecule has 0 aromatic heterocycles. The van der Waals surface area contributed by atoms with E-state index in [0.717, 1.165) is 23.7 Å². The first kappa shape index (κ1) is 8.28. The molecule has 3 aliphatic carbocycles. The maximum atomic E-state index is 11.7. The lowest BCUT2D eigenvalue weighted by molar-refractivity contribution is -0.120. The lowest BCUT2D eigenvalue weighted by atomic mass is 9.99. The lowest BCUT2D eigenvalue weighted by Gasteiger charge is -2.08. The highest BCUT2D eigenvalue weighted by Crippen LogP contribution is 2.69. The average Bonchev–Trinajstić information content (AvgIpc) is 2.52. The first-order valence-corrected chi connectivity index (χ1v) is 5.81. The average molecular weight is 199 g/mol. The molecule has 72 valence electrons. The zero-order chi connectivity index (χ0) is 9.16. The van der Waals surface area contributed by atoms with Crippen molar-refractivity contribution in [2.24, 2.45) is 29.6 Å². The molecule has 0 radical (unpaired) electrons. The summed E-state index contributed by atoms with van der Waals surface area (Å²) in [6, 6.07) is 0. The molecule has 0 saturated heterocycles. The van der Waals surface area contributed by atoms with Crippen molar-refractivity contribution in [3.63, 3.8) is 0 Å². The normalized spacial score (nSPS) is 53.2. The molecule has 3 saturated carbocycles. The fourth-order valence-corrected chi connectivity index (χ4v) is 4.12. The largest absolute Gasteiger partial charge is 0.298 e. The molecule has 5 unspecified atom stereocenters. The molecule has 3 fully saturated rings. The molecule has 0 spiro atoms. The maximum absolute atomic E-state index is 11.7. The minimum Gasteiger partial charge on any atom is -0.298 e. The van der Waals surface area contributed by atoms with Crippen LogP contribution < -0.4 is 0 Å². The monoisotopic (exact) mass is 198 g/mol. The summed E-state index contributed by atoms with van der Waals surface area (Å²) in [6.07, 6.45) is 4.17. The number of hydrogen-bond acceptors (Lipinski definition) is 1. The Kier molecular flexibility index (Phi) is 1.59. The Hall–Kier alpha value is -0.0400. The van der Waals surface area contributed by atoms with Gasteiger partial charge in [0, 0.05) is 5.92 Å². The standard InChI is InChI=1S/C11H15ClO/c1-5(12)11(13)10-8-6-2-3-7(4-6)9(8)10/h5-10H,2-4H2,1H3. The number of alkyl halides is 1. The van der Waals surface area contributed by atoms with Crippen molar-refractivity contribution in [3.05, 3.63) is 0 Å². The van der Waals surface area contributed by atoms with E-state index < -0.39 is 0 Å². The Morgan fingerprint density at radius 3 is 2.31 bits per heavy atom. The Morgan fingerprint density at radius 2 is 1.85 bits per heavy atom. The van der Waals surface area contributed by atoms with Crippen LogP contribution in [-0.4, -0.2) is 11.2 Å². The summed E-state index contributed by atoms with van der Waals surface area (Å²) in [7, 11) is 0. The zero-order valence-corrected chi connectivity index (χ0v) is 8.63. The molecule has 3 rings (SSSR count). The molecule has 0 amide bonds. The molecule has 5 atom stereocenters. The number of rotatable bonds is 2. The summed E-state index contributed by atoms with van der Waals surface area (Å²) in [5.74, 6) is 3.99. The van der Waals surface area contributed by atoms with Crippen LogP contribution in [0, 0.1) is 29.6 Å². The quantitative estimate of drug-likeness (QED) is 0.623. The maximum Gasteiger partial charge on any atom is 0.154 e. The van der Waals surface area contributed by atoms with Crippen LogP contribution in [0.5, 0.6) is 0 Å². The first-order valence-electron chi connectivity index (χ1n) is 5.38. The third-order valence-electron chi connectivity index (χ3n) is 4.46. The summed E-state index contributed by atoms with van der Waals surface area (Å²) in [4.78, 5) is 11.7. The van der Waals surface area contributed by atoms with E-state index in [1.165, 1.54) is 19.3 Å². The van der Waals surface area contributed by atoms with Crippen molar-refractivity contribution >= 4 is 17.4 Å². The summed E-state index contributed by atoms with van der Waals surface area (Å²) in [6.45, 7) is 1.82. The van der Waals surface area contributed by atoms with Gasteiger partial charge in [0.1, 0.15) is 0 Å². The lowest BCUT2D eigenvalue weighted by Crippen LogP contribution is -2.17. The van der Waals surface area contributed by atoms with E-state index in [0.29, 0.717) is 11.7 Å². The van der Waals surface area contributed by atoms with Gasteiger partial charge in [-0.25, -0.2) is 0 Å². The van der Waals surface area contributed by atoms with Crippen molar-refractivity contribution in [2.45, 2.75) is 31.6 Å². The number of fused-ring (bicyclic) bond motifs is 5. The van der Waals surface area contributed by atoms with Crippen molar-refractivity contribution in [1.82, 2.24) is 0 Å². The van der Waals surface area contributed by atoms with Crippen LogP contribution in [0.1, 0.15) is 26.2 Å². The number of ketones is 1. The predicted octanol–water partition coefficient (Wildman–Crippen LogP) is 2.47. The molecule has 1 nitrogen and oxygen atoms in total.